The average Bonchev–Trinajstić information content (AvgIpc) is 2.03. The van der Waals surface area contributed by atoms with Crippen LogP contribution in [0.15, 0.2) is 12.2 Å². The number of carbonyl (C=O) groups is 1. The Balaban J connectivity index is 3.25. The van der Waals surface area contributed by atoms with Gasteiger partial charge in [0, 0.05) is 12.0 Å². The standard InChI is InChI=1S/C8H11O4/c1-7(2)8(10)12-5-3-4-11-6-9/h1,3-5H2,2H3. The fraction of sp³-hybridized carbons (Fsp3) is 0.500. The summed E-state index contributed by atoms with van der Waals surface area (Å²) in [4.78, 5) is 20.3. The van der Waals surface area contributed by atoms with Gasteiger partial charge in [0.2, 0.25) is 0 Å². The number of hydrogen-bond donors (Lipinski definition) is 0. The molecule has 12 heavy (non-hydrogen) atoms. The van der Waals surface area contributed by atoms with Gasteiger partial charge in [-0.05, 0) is 6.92 Å². The summed E-state index contributed by atoms with van der Waals surface area (Å²) >= 11 is 0. The SMILES string of the molecule is C=C(C)C(=O)OCCCO[C]=O. The number of hydrogen-bond acceptors (Lipinski definition) is 4. The van der Waals surface area contributed by atoms with Crippen molar-refractivity contribution in [2.24, 2.45) is 0 Å². The first-order chi connectivity index (χ1) is 5.68. The molecule has 0 fully saturated rings. The summed E-state index contributed by atoms with van der Waals surface area (Å²) in [5, 5.41) is 0. The molecule has 0 amide bonds. The quantitative estimate of drug-likeness (QED) is 0.333. The molecule has 0 spiro atoms. The van der Waals surface area contributed by atoms with Crippen LogP contribution in [-0.2, 0) is 19.1 Å². The Hall–Kier alpha value is -1.32. The van der Waals surface area contributed by atoms with Crippen molar-refractivity contribution in [1.82, 2.24) is 0 Å². The number of esters is 1. The van der Waals surface area contributed by atoms with E-state index in [0.29, 0.717) is 12.0 Å². The zero-order valence-corrected chi connectivity index (χ0v) is 6.96. The summed E-state index contributed by atoms with van der Waals surface area (Å²) in [6.07, 6.45) is 0.480. The van der Waals surface area contributed by atoms with Crippen molar-refractivity contribution in [2.45, 2.75) is 13.3 Å². The highest BCUT2D eigenvalue weighted by Crippen LogP contribution is 1.93. The summed E-state index contributed by atoms with van der Waals surface area (Å²) in [6, 6.07) is 0. The van der Waals surface area contributed by atoms with E-state index in [1.165, 1.54) is 6.47 Å². The van der Waals surface area contributed by atoms with Gasteiger partial charge < -0.3 is 9.47 Å². The van der Waals surface area contributed by atoms with E-state index in [2.05, 4.69) is 11.3 Å². The molecule has 4 nitrogen and oxygen atoms in total. The van der Waals surface area contributed by atoms with Crippen LogP contribution in [0, 0.1) is 0 Å². The van der Waals surface area contributed by atoms with Crippen LogP contribution in [0.2, 0.25) is 0 Å². The van der Waals surface area contributed by atoms with Crippen molar-refractivity contribution in [1.29, 1.82) is 0 Å². The zero-order chi connectivity index (χ0) is 9.40. The Kier molecular flexibility index (Phi) is 5.69. The normalized spacial score (nSPS) is 8.75. The lowest BCUT2D eigenvalue weighted by atomic mass is 10.4. The Morgan fingerprint density at radius 2 is 2.17 bits per heavy atom. The van der Waals surface area contributed by atoms with Gasteiger partial charge in [0.1, 0.15) is 0 Å². The van der Waals surface area contributed by atoms with Crippen LogP contribution in [0.4, 0.5) is 0 Å². The molecule has 0 N–H and O–H groups in total. The molecule has 4 heteroatoms. The molecule has 0 saturated heterocycles. The van der Waals surface area contributed by atoms with E-state index >= 15 is 0 Å². The van der Waals surface area contributed by atoms with Gasteiger partial charge >= 0.3 is 12.4 Å². The molecule has 0 aromatic rings. The van der Waals surface area contributed by atoms with E-state index in [4.69, 9.17) is 4.74 Å². The lowest BCUT2D eigenvalue weighted by molar-refractivity contribution is -0.139. The minimum Gasteiger partial charge on any atom is -0.462 e. The first-order valence-electron chi connectivity index (χ1n) is 3.50. The lowest BCUT2D eigenvalue weighted by Crippen LogP contribution is -2.07. The topological polar surface area (TPSA) is 52.6 Å². The summed E-state index contributed by atoms with van der Waals surface area (Å²) < 4.78 is 8.96. The van der Waals surface area contributed by atoms with Crippen LogP contribution in [-0.4, -0.2) is 25.7 Å². The van der Waals surface area contributed by atoms with Crippen LogP contribution >= 0.6 is 0 Å². The summed E-state index contributed by atoms with van der Waals surface area (Å²) in [6.45, 7) is 6.68. The largest absolute Gasteiger partial charge is 0.462 e. The van der Waals surface area contributed by atoms with Crippen LogP contribution in [0.1, 0.15) is 13.3 Å². The highest BCUT2D eigenvalue weighted by molar-refractivity contribution is 5.86. The van der Waals surface area contributed by atoms with Crippen molar-refractivity contribution in [3.63, 3.8) is 0 Å². The number of rotatable bonds is 6. The summed E-state index contributed by atoms with van der Waals surface area (Å²) in [5.74, 6) is -0.426. The Bertz CT molecular complexity index is 174. The van der Waals surface area contributed by atoms with E-state index in [-0.39, 0.29) is 13.2 Å². The van der Waals surface area contributed by atoms with Crippen LogP contribution in [0.25, 0.3) is 0 Å². The van der Waals surface area contributed by atoms with Crippen LogP contribution in [0.5, 0.6) is 0 Å². The van der Waals surface area contributed by atoms with Gasteiger partial charge in [-0.1, -0.05) is 6.58 Å². The van der Waals surface area contributed by atoms with Crippen molar-refractivity contribution >= 4 is 12.4 Å². The molecule has 0 bridgehead atoms. The minimum absolute atomic E-state index is 0.215. The van der Waals surface area contributed by atoms with Crippen molar-refractivity contribution in [3.05, 3.63) is 12.2 Å². The maximum atomic E-state index is 10.7. The third kappa shape index (κ3) is 5.46. The van der Waals surface area contributed by atoms with Crippen molar-refractivity contribution in [2.75, 3.05) is 13.2 Å². The molecule has 0 aromatic heterocycles. The molecule has 0 atom stereocenters. The number of ether oxygens (including phenoxy) is 2. The van der Waals surface area contributed by atoms with Gasteiger partial charge in [-0.2, -0.15) is 0 Å². The molecule has 0 aliphatic heterocycles. The Morgan fingerprint density at radius 1 is 1.50 bits per heavy atom. The second kappa shape index (κ2) is 6.39. The Morgan fingerprint density at radius 3 is 2.67 bits per heavy atom. The van der Waals surface area contributed by atoms with Gasteiger partial charge in [0.15, 0.2) is 0 Å². The molecule has 0 saturated carbocycles. The molecule has 0 aliphatic rings. The number of carbonyl (C=O) groups excluding carboxylic acids is 2. The smallest absolute Gasteiger partial charge is 0.417 e. The van der Waals surface area contributed by atoms with Crippen LogP contribution in [0.3, 0.4) is 0 Å². The molecule has 67 valence electrons. The maximum Gasteiger partial charge on any atom is 0.417 e. The zero-order valence-electron chi connectivity index (χ0n) is 6.96. The molecular weight excluding hydrogens is 160 g/mol. The van der Waals surface area contributed by atoms with Gasteiger partial charge in [-0.15, -0.1) is 0 Å². The lowest BCUT2D eigenvalue weighted by Gasteiger charge is -2.02. The molecule has 0 unspecified atom stereocenters. The predicted octanol–water partition coefficient (Wildman–Crippen LogP) is 0.580. The molecule has 1 radical (unpaired) electrons. The summed E-state index contributed by atoms with van der Waals surface area (Å²) in [5.41, 5.74) is 0.359. The minimum atomic E-state index is -0.426. The first kappa shape index (κ1) is 10.7. The van der Waals surface area contributed by atoms with Gasteiger partial charge in [0.05, 0.1) is 13.2 Å². The van der Waals surface area contributed by atoms with Gasteiger partial charge in [-0.25, -0.2) is 9.59 Å². The third-order valence-electron chi connectivity index (χ3n) is 1.03. The second-order valence-corrected chi connectivity index (χ2v) is 2.20. The maximum absolute atomic E-state index is 10.7. The highest BCUT2D eigenvalue weighted by atomic mass is 16.5. The highest BCUT2D eigenvalue weighted by Gasteiger charge is 2.01. The van der Waals surface area contributed by atoms with E-state index in [1.807, 2.05) is 0 Å². The van der Waals surface area contributed by atoms with Crippen LogP contribution < -0.4 is 0 Å². The first-order valence-corrected chi connectivity index (χ1v) is 3.50. The van der Waals surface area contributed by atoms with E-state index in [1.54, 1.807) is 6.92 Å². The molecule has 0 aromatic carbocycles. The summed E-state index contributed by atoms with van der Waals surface area (Å²) in [7, 11) is 0. The van der Waals surface area contributed by atoms with Crippen molar-refractivity contribution in [3.8, 4) is 0 Å². The molecule has 0 aliphatic carbocycles. The third-order valence-corrected chi connectivity index (χ3v) is 1.03. The molecular formula is C8H11O4. The molecule has 0 rings (SSSR count). The fourth-order valence-electron chi connectivity index (χ4n) is 0.461. The van der Waals surface area contributed by atoms with Gasteiger partial charge in [-0.3, -0.25) is 0 Å². The van der Waals surface area contributed by atoms with E-state index in [9.17, 15) is 9.59 Å². The second-order valence-electron chi connectivity index (χ2n) is 2.20. The Labute approximate surface area is 71.2 Å². The van der Waals surface area contributed by atoms with Gasteiger partial charge in [0.25, 0.3) is 0 Å². The fourth-order valence-corrected chi connectivity index (χ4v) is 0.461. The van der Waals surface area contributed by atoms with Crippen molar-refractivity contribution < 1.29 is 19.1 Å². The van der Waals surface area contributed by atoms with E-state index in [0.717, 1.165) is 0 Å². The predicted molar refractivity (Wildman–Crippen MR) is 42.0 cm³/mol. The van der Waals surface area contributed by atoms with E-state index < -0.39 is 5.97 Å². The molecule has 0 heterocycles. The monoisotopic (exact) mass is 171 g/mol. The average molecular weight is 171 g/mol.